The molecule has 1 aromatic heterocycles. The largest absolute Gasteiger partial charge is 0.462 e. The number of furan rings is 1. The average Bonchev–Trinajstić information content (AvgIpc) is 3.40. The third kappa shape index (κ3) is 4.91. The molecule has 0 N–H and O–H groups in total. The van der Waals surface area contributed by atoms with Crippen LogP contribution in [-0.4, -0.2) is 33.5 Å². The number of non-ortho nitro benzene ring substituents is 1. The minimum atomic E-state index is -0.515. The zero-order valence-corrected chi connectivity index (χ0v) is 18.7. The highest BCUT2D eigenvalue weighted by molar-refractivity contribution is 8.18. The molecule has 1 aliphatic heterocycles. The standard InChI is InChI=1S/C24H18N2O7S/c1-2-32-23(28)17-7-5-16(6-8-17)20-12-11-19(33-20)13-21-22(27)25(24(29)34-21)14-15-3-9-18(10-4-15)26(30)31/h3-13H,2,14H2,1H3/b21-13+. The molecule has 0 atom stereocenters. The zero-order chi connectivity index (χ0) is 24.2. The van der Waals surface area contributed by atoms with E-state index in [1.54, 1.807) is 43.3 Å². The van der Waals surface area contributed by atoms with Crippen LogP contribution in [0.4, 0.5) is 10.5 Å². The fourth-order valence-electron chi connectivity index (χ4n) is 3.24. The summed E-state index contributed by atoms with van der Waals surface area (Å²) in [6.45, 7) is 2.04. The lowest BCUT2D eigenvalue weighted by molar-refractivity contribution is -0.384. The van der Waals surface area contributed by atoms with Crippen molar-refractivity contribution in [2.45, 2.75) is 13.5 Å². The molecule has 9 nitrogen and oxygen atoms in total. The van der Waals surface area contributed by atoms with Gasteiger partial charge in [0.2, 0.25) is 0 Å². The lowest BCUT2D eigenvalue weighted by Gasteiger charge is -2.12. The van der Waals surface area contributed by atoms with Gasteiger partial charge in [0.15, 0.2) is 0 Å². The van der Waals surface area contributed by atoms with Gasteiger partial charge < -0.3 is 9.15 Å². The van der Waals surface area contributed by atoms with Crippen LogP contribution in [0.15, 0.2) is 70.0 Å². The van der Waals surface area contributed by atoms with Crippen LogP contribution in [0.1, 0.15) is 28.6 Å². The Balaban J connectivity index is 1.46. The van der Waals surface area contributed by atoms with Gasteiger partial charge in [-0.1, -0.05) is 24.3 Å². The molecule has 1 saturated heterocycles. The van der Waals surface area contributed by atoms with E-state index in [4.69, 9.17) is 9.15 Å². The topological polar surface area (TPSA) is 120 Å². The molecule has 10 heteroatoms. The number of imide groups is 1. The van der Waals surface area contributed by atoms with E-state index in [0.717, 1.165) is 22.2 Å². The normalized spacial score (nSPS) is 14.6. The van der Waals surface area contributed by atoms with E-state index in [0.29, 0.717) is 29.3 Å². The van der Waals surface area contributed by atoms with Crippen LogP contribution in [0.25, 0.3) is 17.4 Å². The molecule has 34 heavy (non-hydrogen) atoms. The van der Waals surface area contributed by atoms with E-state index in [2.05, 4.69) is 0 Å². The fraction of sp³-hybridized carbons (Fsp3) is 0.125. The monoisotopic (exact) mass is 478 g/mol. The molecule has 1 aliphatic rings. The number of esters is 1. The van der Waals surface area contributed by atoms with Gasteiger partial charge in [0.05, 0.1) is 28.5 Å². The first-order chi connectivity index (χ1) is 16.4. The number of benzene rings is 2. The summed E-state index contributed by atoms with van der Waals surface area (Å²) in [5.74, 6) is 0.0563. The molecule has 4 rings (SSSR count). The Morgan fingerprint density at radius 2 is 1.79 bits per heavy atom. The summed E-state index contributed by atoms with van der Waals surface area (Å²) in [7, 11) is 0. The highest BCUT2D eigenvalue weighted by atomic mass is 32.2. The number of hydrogen-bond donors (Lipinski definition) is 0. The molecule has 0 saturated carbocycles. The van der Waals surface area contributed by atoms with Crippen molar-refractivity contribution in [3.63, 3.8) is 0 Å². The molecule has 1 fully saturated rings. The van der Waals surface area contributed by atoms with Crippen molar-refractivity contribution in [2.24, 2.45) is 0 Å². The van der Waals surface area contributed by atoms with Crippen molar-refractivity contribution in [3.8, 4) is 11.3 Å². The maximum absolute atomic E-state index is 12.8. The molecule has 0 bridgehead atoms. The molecule has 0 unspecified atom stereocenters. The van der Waals surface area contributed by atoms with E-state index >= 15 is 0 Å². The molecular formula is C24H18N2O7S. The van der Waals surface area contributed by atoms with Gasteiger partial charge in [-0.15, -0.1) is 0 Å². The molecule has 2 aromatic carbocycles. The van der Waals surface area contributed by atoms with E-state index in [-0.39, 0.29) is 17.1 Å². The highest BCUT2D eigenvalue weighted by Gasteiger charge is 2.35. The Labute approximate surface area is 198 Å². The Bertz CT molecular complexity index is 1290. The SMILES string of the molecule is CCOC(=O)c1ccc(-c2ccc(/C=C3/SC(=O)N(Cc4ccc([N+](=O)[O-])cc4)C3=O)o2)cc1. The van der Waals surface area contributed by atoms with Crippen LogP contribution in [0, 0.1) is 10.1 Å². The second-order valence-corrected chi connectivity index (χ2v) is 8.18. The minimum absolute atomic E-state index is 0.0101. The lowest BCUT2D eigenvalue weighted by atomic mass is 10.1. The third-order valence-electron chi connectivity index (χ3n) is 4.94. The number of amides is 2. The van der Waals surface area contributed by atoms with Crippen molar-refractivity contribution in [1.29, 1.82) is 0 Å². The maximum Gasteiger partial charge on any atom is 0.338 e. The molecule has 2 amide bonds. The fourth-order valence-corrected chi connectivity index (χ4v) is 4.06. The summed E-state index contributed by atoms with van der Waals surface area (Å²) in [5, 5.41) is 10.4. The molecule has 0 spiro atoms. The first-order valence-corrected chi connectivity index (χ1v) is 11.0. The van der Waals surface area contributed by atoms with Crippen molar-refractivity contribution in [3.05, 3.63) is 92.6 Å². The van der Waals surface area contributed by atoms with Crippen LogP contribution >= 0.6 is 11.8 Å². The Hall–Kier alpha value is -4.18. The Morgan fingerprint density at radius 3 is 2.44 bits per heavy atom. The van der Waals surface area contributed by atoms with Gasteiger partial charge in [-0.2, -0.15) is 0 Å². The van der Waals surface area contributed by atoms with Crippen molar-refractivity contribution in [2.75, 3.05) is 6.61 Å². The van der Waals surface area contributed by atoms with E-state index in [1.807, 2.05) is 0 Å². The molecule has 2 heterocycles. The van der Waals surface area contributed by atoms with Gasteiger partial charge in [0.1, 0.15) is 11.5 Å². The number of nitrogens with zero attached hydrogens (tertiary/aromatic N) is 2. The van der Waals surface area contributed by atoms with Gasteiger partial charge in [-0.05, 0) is 48.5 Å². The second kappa shape index (κ2) is 9.75. The summed E-state index contributed by atoms with van der Waals surface area (Å²) >= 11 is 0.798. The first-order valence-electron chi connectivity index (χ1n) is 10.2. The summed E-state index contributed by atoms with van der Waals surface area (Å²) in [5.41, 5.74) is 1.70. The lowest BCUT2D eigenvalue weighted by Crippen LogP contribution is -2.27. The number of rotatable bonds is 7. The van der Waals surface area contributed by atoms with Crippen LogP contribution in [-0.2, 0) is 16.1 Å². The van der Waals surface area contributed by atoms with Crippen LogP contribution in [0.3, 0.4) is 0 Å². The van der Waals surface area contributed by atoms with E-state index < -0.39 is 22.0 Å². The van der Waals surface area contributed by atoms with Crippen molar-refractivity contribution in [1.82, 2.24) is 4.90 Å². The number of carbonyl (C=O) groups excluding carboxylic acids is 3. The van der Waals surface area contributed by atoms with E-state index in [9.17, 15) is 24.5 Å². The smallest absolute Gasteiger partial charge is 0.338 e. The van der Waals surface area contributed by atoms with Crippen LogP contribution in [0.2, 0.25) is 0 Å². The predicted molar refractivity (Wildman–Crippen MR) is 125 cm³/mol. The maximum atomic E-state index is 12.8. The van der Waals surface area contributed by atoms with Gasteiger partial charge in [0, 0.05) is 23.8 Å². The van der Waals surface area contributed by atoms with Crippen LogP contribution in [0.5, 0.6) is 0 Å². The highest BCUT2D eigenvalue weighted by Crippen LogP contribution is 2.34. The number of ether oxygens (including phenoxy) is 1. The Morgan fingerprint density at radius 1 is 1.09 bits per heavy atom. The molecule has 3 aromatic rings. The van der Waals surface area contributed by atoms with Crippen molar-refractivity contribution >= 4 is 40.6 Å². The number of nitro benzene ring substituents is 1. The van der Waals surface area contributed by atoms with Gasteiger partial charge in [-0.25, -0.2) is 4.79 Å². The first kappa shape index (κ1) is 23.0. The third-order valence-corrected chi connectivity index (χ3v) is 5.85. The second-order valence-electron chi connectivity index (χ2n) is 7.19. The van der Waals surface area contributed by atoms with E-state index in [1.165, 1.54) is 30.3 Å². The summed E-state index contributed by atoms with van der Waals surface area (Å²) in [6.07, 6.45) is 1.50. The predicted octanol–water partition coefficient (Wildman–Crippen LogP) is 5.27. The summed E-state index contributed by atoms with van der Waals surface area (Å²) in [6, 6.07) is 15.8. The van der Waals surface area contributed by atoms with Crippen LogP contribution < -0.4 is 0 Å². The summed E-state index contributed by atoms with van der Waals surface area (Å²) < 4.78 is 10.8. The minimum Gasteiger partial charge on any atom is -0.462 e. The molecular weight excluding hydrogens is 460 g/mol. The quantitative estimate of drug-likeness (QED) is 0.195. The summed E-state index contributed by atoms with van der Waals surface area (Å²) in [4.78, 5) is 48.5. The van der Waals surface area contributed by atoms with Crippen molar-refractivity contribution < 1.29 is 28.5 Å². The van der Waals surface area contributed by atoms with Gasteiger partial charge >= 0.3 is 5.97 Å². The molecule has 0 radical (unpaired) electrons. The zero-order valence-electron chi connectivity index (χ0n) is 17.9. The number of nitro groups is 1. The average molecular weight is 478 g/mol. The Kier molecular flexibility index (Phi) is 6.60. The molecule has 0 aliphatic carbocycles. The van der Waals surface area contributed by atoms with Gasteiger partial charge in [0.25, 0.3) is 16.8 Å². The number of carbonyl (C=O) groups is 3. The van der Waals surface area contributed by atoms with Gasteiger partial charge in [-0.3, -0.25) is 24.6 Å². The number of thioether (sulfide) groups is 1. The molecule has 172 valence electrons. The number of hydrogen-bond acceptors (Lipinski definition) is 8.